The molecule has 1 aromatic heterocycles. The molecule has 5 heteroatoms. The van der Waals surface area contributed by atoms with Crippen LogP contribution in [-0.2, 0) is 16.6 Å². The summed E-state index contributed by atoms with van der Waals surface area (Å²) in [6.07, 6.45) is 5.17. The summed E-state index contributed by atoms with van der Waals surface area (Å²) < 4.78 is 6.85. The molecular weight excluding hydrogens is 280 g/mol. The molecule has 120 valence electrons. The maximum Gasteiger partial charge on any atom is 0.328 e. The summed E-state index contributed by atoms with van der Waals surface area (Å²) in [7, 11) is 3.30. The van der Waals surface area contributed by atoms with Gasteiger partial charge in [-0.15, -0.1) is 0 Å². The molecule has 0 radical (unpaired) electrons. The Morgan fingerprint density at radius 3 is 2.59 bits per heavy atom. The Morgan fingerprint density at radius 1 is 1.23 bits per heavy atom. The first-order valence-electron chi connectivity index (χ1n) is 8.07. The number of hydrogen-bond acceptors (Lipinski definition) is 3. The molecule has 0 N–H and O–H groups in total. The van der Waals surface area contributed by atoms with Crippen LogP contribution in [0.3, 0.4) is 0 Å². The van der Waals surface area contributed by atoms with Gasteiger partial charge in [-0.3, -0.25) is 4.79 Å². The SMILES string of the molecule is COC(=O)[C@@H]1C[C@@H]2CCCC[C@@H]2N1C(=O)c1ccc(C)n1C. The fourth-order valence-corrected chi connectivity index (χ4v) is 4.06. The molecule has 1 aliphatic heterocycles. The van der Waals surface area contributed by atoms with Crippen LogP contribution in [-0.4, -0.2) is 40.5 Å². The van der Waals surface area contributed by atoms with Crippen LogP contribution in [0.2, 0.25) is 0 Å². The van der Waals surface area contributed by atoms with Crippen molar-refractivity contribution in [3.8, 4) is 0 Å². The summed E-state index contributed by atoms with van der Waals surface area (Å²) in [5, 5.41) is 0. The van der Waals surface area contributed by atoms with Crippen LogP contribution in [0.15, 0.2) is 12.1 Å². The third kappa shape index (κ3) is 2.32. The van der Waals surface area contributed by atoms with Gasteiger partial charge in [0.15, 0.2) is 0 Å². The van der Waals surface area contributed by atoms with Crippen molar-refractivity contribution in [1.29, 1.82) is 0 Å². The minimum Gasteiger partial charge on any atom is -0.467 e. The molecule has 2 fully saturated rings. The highest BCUT2D eigenvalue weighted by Gasteiger charge is 2.48. The number of ether oxygens (including phenoxy) is 1. The first-order valence-corrected chi connectivity index (χ1v) is 8.07. The van der Waals surface area contributed by atoms with Gasteiger partial charge < -0.3 is 14.2 Å². The van der Waals surface area contributed by atoms with Crippen molar-refractivity contribution >= 4 is 11.9 Å². The first kappa shape index (κ1) is 15.1. The predicted octanol–water partition coefficient (Wildman–Crippen LogP) is 2.28. The van der Waals surface area contributed by atoms with Crippen LogP contribution in [0, 0.1) is 12.8 Å². The van der Waals surface area contributed by atoms with E-state index in [1.807, 2.05) is 35.6 Å². The number of amides is 1. The van der Waals surface area contributed by atoms with Gasteiger partial charge in [0.2, 0.25) is 0 Å². The van der Waals surface area contributed by atoms with E-state index in [2.05, 4.69) is 0 Å². The third-order valence-electron chi connectivity index (χ3n) is 5.39. The van der Waals surface area contributed by atoms with E-state index in [4.69, 9.17) is 4.74 Å². The molecule has 0 unspecified atom stereocenters. The normalized spacial score (nSPS) is 27.6. The van der Waals surface area contributed by atoms with Crippen molar-refractivity contribution in [1.82, 2.24) is 9.47 Å². The van der Waals surface area contributed by atoms with Crippen molar-refractivity contribution in [2.75, 3.05) is 7.11 Å². The molecule has 22 heavy (non-hydrogen) atoms. The summed E-state index contributed by atoms with van der Waals surface area (Å²) in [6.45, 7) is 1.97. The molecule has 0 spiro atoms. The highest BCUT2D eigenvalue weighted by Crippen LogP contribution is 2.40. The maximum absolute atomic E-state index is 13.1. The zero-order chi connectivity index (χ0) is 15.9. The van der Waals surface area contributed by atoms with Crippen LogP contribution in [0.25, 0.3) is 0 Å². The molecule has 2 aliphatic rings. The molecule has 3 rings (SSSR count). The Kier molecular flexibility index (Phi) is 3.98. The Labute approximate surface area is 131 Å². The molecular formula is C17H24N2O3. The maximum atomic E-state index is 13.1. The zero-order valence-electron chi connectivity index (χ0n) is 13.5. The average molecular weight is 304 g/mol. The molecule has 5 nitrogen and oxygen atoms in total. The van der Waals surface area contributed by atoms with Crippen LogP contribution < -0.4 is 0 Å². The van der Waals surface area contributed by atoms with Crippen LogP contribution in [0.4, 0.5) is 0 Å². The number of hydrogen-bond donors (Lipinski definition) is 0. The van der Waals surface area contributed by atoms with Gasteiger partial charge in [-0.2, -0.15) is 0 Å². The van der Waals surface area contributed by atoms with Gasteiger partial charge >= 0.3 is 5.97 Å². The number of rotatable bonds is 2. The van der Waals surface area contributed by atoms with E-state index in [1.165, 1.54) is 13.5 Å². The van der Waals surface area contributed by atoms with Gasteiger partial charge in [-0.25, -0.2) is 4.79 Å². The van der Waals surface area contributed by atoms with E-state index >= 15 is 0 Å². The lowest BCUT2D eigenvalue weighted by molar-refractivity contribution is -0.145. The first-order chi connectivity index (χ1) is 10.5. The van der Waals surface area contributed by atoms with Crippen LogP contribution >= 0.6 is 0 Å². The third-order valence-corrected chi connectivity index (χ3v) is 5.39. The number of carbonyl (C=O) groups is 2. The van der Waals surface area contributed by atoms with Gasteiger partial charge in [-0.05, 0) is 44.2 Å². The molecule has 1 saturated heterocycles. The number of esters is 1. The lowest BCUT2D eigenvalue weighted by atomic mass is 9.84. The van der Waals surface area contributed by atoms with Crippen molar-refractivity contribution in [3.05, 3.63) is 23.5 Å². The minimum atomic E-state index is -0.430. The second-order valence-electron chi connectivity index (χ2n) is 6.52. The standard InChI is InChI=1S/C17H24N2O3/c1-11-8-9-14(18(11)2)16(20)19-13-7-5-4-6-12(13)10-15(19)17(21)22-3/h8-9,12-13,15H,4-7,10H2,1-3H3/t12-,13-,15-/m0/s1. The molecule has 1 amide bonds. The highest BCUT2D eigenvalue weighted by molar-refractivity contribution is 5.96. The van der Waals surface area contributed by atoms with Crippen LogP contribution in [0.1, 0.15) is 48.3 Å². The fourth-order valence-electron chi connectivity index (χ4n) is 4.06. The lowest BCUT2D eigenvalue weighted by Gasteiger charge is -2.33. The van der Waals surface area contributed by atoms with E-state index in [-0.39, 0.29) is 17.9 Å². The average Bonchev–Trinajstić information content (AvgIpc) is 3.07. The summed E-state index contributed by atoms with van der Waals surface area (Å²) in [5.74, 6) is 0.109. The Bertz CT molecular complexity index is 593. The van der Waals surface area contributed by atoms with Gasteiger partial charge in [0, 0.05) is 18.8 Å². The van der Waals surface area contributed by atoms with E-state index in [0.29, 0.717) is 11.6 Å². The van der Waals surface area contributed by atoms with Gasteiger partial charge in [0.05, 0.1) is 7.11 Å². The number of aryl methyl sites for hydroxylation is 1. The summed E-state index contributed by atoms with van der Waals surface area (Å²) in [5.41, 5.74) is 1.69. The van der Waals surface area contributed by atoms with E-state index < -0.39 is 6.04 Å². The number of methoxy groups -OCH3 is 1. The van der Waals surface area contributed by atoms with Gasteiger partial charge in [-0.1, -0.05) is 12.8 Å². The molecule has 2 heterocycles. The monoisotopic (exact) mass is 304 g/mol. The Hall–Kier alpha value is -1.78. The molecule has 1 aromatic rings. The molecule has 3 atom stereocenters. The van der Waals surface area contributed by atoms with E-state index in [0.717, 1.165) is 31.4 Å². The number of nitrogens with zero attached hydrogens (tertiary/aromatic N) is 2. The molecule has 0 aromatic carbocycles. The summed E-state index contributed by atoms with van der Waals surface area (Å²) >= 11 is 0. The molecule has 0 bridgehead atoms. The topological polar surface area (TPSA) is 51.5 Å². The Balaban J connectivity index is 1.94. The largest absolute Gasteiger partial charge is 0.467 e. The smallest absolute Gasteiger partial charge is 0.328 e. The second kappa shape index (κ2) is 5.78. The van der Waals surface area contributed by atoms with E-state index in [9.17, 15) is 9.59 Å². The van der Waals surface area contributed by atoms with Crippen molar-refractivity contribution in [3.63, 3.8) is 0 Å². The fraction of sp³-hybridized carbons (Fsp3) is 0.647. The van der Waals surface area contributed by atoms with Crippen molar-refractivity contribution in [2.24, 2.45) is 13.0 Å². The summed E-state index contributed by atoms with van der Waals surface area (Å²) in [6, 6.07) is 3.54. The molecule has 1 saturated carbocycles. The Morgan fingerprint density at radius 2 is 1.95 bits per heavy atom. The minimum absolute atomic E-state index is 0.0413. The van der Waals surface area contributed by atoms with Crippen molar-refractivity contribution in [2.45, 2.75) is 51.1 Å². The predicted molar refractivity (Wildman–Crippen MR) is 82.5 cm³/mol. The van der Waals surface area contributed by atoms with Gasteiger partial charge in [0.1, 0.15) is 11.7 Å². The number of aromatic nitrogens is 1. The highest BCUT2D eigenvalue weighted by atomic mass is 16.5. The lowest BCUT2D eigenvalue weighted by Crippen LogP contribution is -2.47. The number of fused-ring (bicyclic) bond motifs is 1. The number of carbonyl (C=O) groups excluding carboxylic acids is 2. The van der Waals surface area contributed by atoms with Crippen LogP contribution in [0.5, 0.6) is 0 Å². The summed E-state index contributed by atoms with van der Waals surface area (Å²) in [4.78, 5) is 27.0. The zero-order valence-corrected chi connectivity index (χ0v) is 13.5. The van der Waals surface area contributed by atoms with E-state index in [1.54, 1.807) is 0 Å². The van der Waals surface area contributed by atoms with Gasteiger partial charge in [0.25, 0.3) is 5.91 Å². The quantitative estimate of drug-likeness (QED) is 0.788. The molecule has 1 aliphatic carbocycles. The second-order valence-corrected chi connectivity index (χ2v) is 6.52. The number of likely N-dealkylation sites (tertiary alicyclic amines) is 1. The van der Waals surface area contributed by atoms with Crippen molar-refractivity contribution < 1.29 is 14.3 Å².